The van der Waals surface area contributed by atoms with Gasteiger partial charge in [-0.2, -0.15) is 0 Å². The third kappa shape index (κ3) is 2.97. The number of aromatic hydroxyl groups is 1. The molecular formula is C16H13O5P. The molecule has 0 heterocycles. The Labute approximate surface area is 126 Å². The highest BCUT2D eigenvalue weighted by Gasteiger charge is 2.20. The van der Waals surface area contributed by atoms with Gasteiger partial charge in [-0.25, -0.2) is 4.57 Å². The van der Waals surface area contributed by atoms with Crippen LogP contribution in [0.1, 0.15) is 0 Å². The van der Waals surface area contributed by atoms with Crippen LogP contribution < -0.4 is 4.52 Å². The van der Waals surface area contributed by atoms with Gasteiger partial charge in [0, 0.05) is 5.56 Å². The standard InChI is InChI=1S/C16H13O5P/c17-12-8-9-16(21-22(18,19)20)15(10-12)14-7-3-5-11-4-1-2-6-13(11)14/h1-10,17H,(H2,18,19,20). The van der Waals surface area contributed by atoms with Crippen molar-refractivity contribution in [3.05, 3.63) is 60.7 Å². The SMILES string of the molecule is O=P(O)(O)Oc1ccc(O)cc1-c1cccc2ccccc12. The van der Waals surface area contributed by atoms with Gasteiger partial charge in [0.15, 0.2) is 0 Å². The molecule has 3 aromatic rings. The maximum absolute atomic E-state index is 11.1. The van der Waals surface area contributed by atoms with Gasteiger partial charge in [-0.15, -0.1) is 0 Å². The Morgan fingerprint density at radius 3 is 2.36 bits per heavy atom. The predicted octanol–water partition coefficient (Wildman–Crippen LogP) is 3.68. The summed E-state index contributed by atoms with van der Waals surface area (Å²) in [7, 11) is -4.69. The van der Waals surface area contributed by atoms with Crippen LogP contribution in [0.3, 0.4) is 0 Å². The number of benzene rings is 3. The summed E-state index contributed by atoms with van der Waals surface area (Å²) in [5.74, 6) is 0.00322. The van der Waals surface area contributed by atoms with Crippen LogP contribution in [-0.4, -0.2) is 14.9 Å². The zero-order valence-electron chi connectivity index (χ0n) is 11.4. The van der Waals surface area contributed by atoms with Crippen LogP contribution in [0.15, 0.2) is 60.7 Å². The zero-order valence-corrected chi connectivity index (χ0v) is 12.3. The minimum Gasteiger partial charge on any atom is -0.508 e. The van der Waals surface area contributed by atoms with E-state index in [1.165, 1.54) is 18.2 Å². The van der Waals surface area contributed by atoms with E-state index in [2.05, 4.69) is 0 Å². The highest BCUT2D eigenvalue weighted by molar-refractivity contribution is 7.46. The maximum atomic E-state index is 11.1. The lowest BCUT2D eigenvalue weighted by molar-refractivity contribution is 0.283. The summed E-state index contributed by atoms with van der Waals surface area (Å²) >= 11 is 0. The summed E-state index contributed by atoms with van der Waals surface area (Å²) in [6, 6.07) is 17.3. The van der Waals surface area contributed by atoms with Gasteiger partial charge in [0.1, 0.15) is 11.5 Å². The molecule has 0 bridgehead atoms. The molecule has 3 N–H and O–H groups in total. The first kappa shape index (κ1) is 14.6. The van der Waals surface area contributed by atoms with Crippen LogP contribution in [0.2, 0.25) is 0 Å². The van der Waals surface area contributed by atoms with Crippen LogP contribution in [0.5, 0.6) is 11.5 Å². The lowest BCUT2D eigenvalue weighted by Crippen LogP contribution is -1.93. The summed E-state index contributed by atoms with van der Waals surface area (Å²) in [6.45, 7) is 0. The molecule has 0 radical (unpaired) electrons. The average molecular weight is 316 g/mol. The molecule has 6 heteroatoms. The molecule has 22 heavy (non-hydrogen) atoms. The number of phosphoric acid groups is 1. The van der Waals surface area contributed by atoms with Crippen molar-refractivity contribution >= 4 is 18.6 Å². The first-order valence-electron chi connectivity index (χ1n) is 6.50. The topological polar surface area (TPSA) is 87.0 Å². The fourth-order valence-corrected chi connectivity index (χ4v) is 2.81. The van der Waals surface area contributed by atoms with Crippen molar-refractivity contribution in [3.63, 3.8) is 0 Å². The summed E-state index contributed by atoms with van der Waals surface area (Å²) in [6.07, 6.45) is 0. The molecule has 5 nitrogen and oxygen atoms in total. The minimum atomic E-state index is -4.69. The second kappa shape index (κ2) is 5.46. The highest BCUT2D eigenvalue weighted by Crippen LogP contribution is 2.44. The van der Waals surface area contributed by atoms with E-state index in [1.54, 1.807) is 0 Å². The third-order valence-electron chi connectivity index (χ3n) is 3.26. The third-order valence-corrected chi connectivity index (χ3v) is 3.69. The molecule has 0 aliphatic heterocycles. The molecule has 3 aromatic carbocycles. The smallest absolute Gasteiger partial charge is 0.508 e. The molecule has 0 atom stereocenters. The number of hydrogen-bond acceptors (Lipinski definition) is 3. The van der Waals surface area contributed by atoms with E-state index in [4.69, 9.17) is 14.3 Å². The molecule has 0 saturated carbocycles. The number of phenols is 1. The first-order chi connectivity index (χ1) is 10.4. The Kier molecular flexibility index (Phi) is 3.62. The van der Waals surface area contributed by atoms with Gasteiger partial charge < -0.3 is 9.63 Å². The Balaban J connectivity index is 2.26. The first-order valence-corrected chi connectivity index (χ1v) is 8.03. The van der Waals surface area contributed by atoms with Crippen molar-refractivity contribution in [2.24, 2.45) is 0 Å². The van der Waals surface area contributed by atoms with Gasteiger partial charge in [0.2, 0.25) is 0 Å². The second-order valence-corrected chi connectivity index (χ2v) is 5.95. The summed E-state index contributed by atoms with van der Waals surface area (Å²) < 4.78 is 15.9. The van der Waals surface area contributed by atoms with Crippen molar-refractivity contribution in [1.82, 2.24) is 0 Å². The molecule has 0 fully saturated rings. The van der Waals surface area contributed by atoms with Crippen LogP contribution in [0.4, 0.5) is 0 Å². The van der Waals surface area contributed by atoms with E-state index in [-0.39, 0.29) is 11.5 Å². The lowest BCUT2D eigenvalue weighted by Gasteiger charge is -2.14. The molecule has 0 spiro atoms. The Morgan fingerprint density at radius 2 is 1.59 bits per heavy atom. The predicted molar refractivity (Wildman–Crippen MR) is 83.7 cm³/mol. The fourth-order valence-electron chi connectivity index (χ4n) is 2.40. The fraction of sp³-hybridized carbons (Fsp3) is 0. The van der Waals surface area contributed by atoms with Gasteiger partial charge in [-0.1, -0.05) is 42.5 Å². The van der Waals surface area contributed by atoms with Crippen molar-refractivity contribution in [2.45, 2.75) is 0 Å². The lowest BCUT2D eigenvalue weighted by atomic mass is 9.97. The summed E-state index contributed by atoms with van der Waals surface area (Å²) in [5, 5.41) is 11.6. The Bertz CT molecular complexity index is 879. The van der Waals surface area contributed by atoms with Crippen LogP contribution in [0, 0.1) is 0 Å². The van der Waals surface area contributed by atoms with Gasteiger partial charge in [0.25, 0.3) is 0 Å². The van der Waals surface area contributed by atoms with Crippen LogP contribution in [0.25, 0.3) is 21.9 Å². The van der Waals surface area contributed by atoms with E-state index < -0.39 is 7.82 Å². The summed E-state index contributed by atoms with van der Waals surface area (Å²) in [4.78, 5) is 18.1. The molecule has 3 rings (SSSR count). The Morgan fingerprint density at radius 1 is 0.864 bits per heavy atom. The quantitative estimate of drug-likeness (QED) is 0.642. The summed E-state index contributed by atoms with van der Waals surface area (Å²) in [5.41, 5.74) is 1.14. The van der Waals surface area contributed by atoms with Gasteiger partial charge in [-0.05, 0) is 34.5 Å². The van der Waals surface area contributed by atoms with Crippen LogP contribution >= 0.6 is 7.82 Å². The van der Waals surface area contributed by atoms with Crippen LogP contribution in [-0.2, 0) is 4.57 Å². The number of phenolic OH excluding ortho intramolecular Hbond substituents is 1. The van der Waals surface area contributed by atoms with E-state index in [0.29, 0.717) is 5.56 Å². The van der Waals surface area contributed by atoms with Crippen molar-refractivity contribution in [2.75, 3.05) is 0 Å². The number of rotatable bonds is 3. The molecule has 112 valence electrons. The Hall–Kier alpha value is -2.33. The second-order valence-electron chi connectivity index (χ2n) is 4.79. The highest BCUT2D eigenvalue weighted by atomic mass is 31.2. The van der Waals surface area contributed by atoms with E-state index in [9.17, 15) is 9.67 Å². The number of fused-ring (bicyclic) bond motifs is 1. The normalized spacial score (nSPS) is 11.5. The molecule has 0 saturated heterocycles. The molecule has 0 amide bonds. The monoisotopic (exact) mass is 316 g/mol. The molecule has 0 aliphatic carbocycles. The van der Waals surface area contributed by atoms with Gasteiger partial charge >= 0.3 is 7.82 Å². The van der Waals surface area contributed by atoms with Gasteiger partial charge in [0.05, 0.1) is 0 Å². The molecule has 0 aromatic heterocycles. The molecule has 0 unspecified atom stereocenters. The zero-order chi connectivity index (χ0) is 15.7. The maximum Gasteiger partial charge on any atom is 0.524 e. The van der Waals surface area contributed by atoms with E-state index >= 15 is 0 Å². The molecule has 0 aliphatic rings. The number of phosphoric ester groups is 1. The van der Waals surface area contributed by atoms with Crippen molar-refractivity contribution in [1.29, 1.82) is 0 Å². The minimum absolute atomic E-state index is 0.0130. The largest absolute Gasteiger partial charge is 0.524 e. The average Bonchev–Trinajstić information content (AvgIpc) is 2.47. The van der Waals surface area contributed by atoms with E-state index in [0.717, 1.165) is 16.3 Å². The van der Waals surface area contributed by atoms with E-state index in [1.807, 2.05) is 42.5 Å². The van der Waals surface area contributed by atoms with Crippen molar-refractivity contribution < 1.29 is 24.0 Å². The number of hydrogen-bond donors (Lipinski definition) is 3. The molecular weight excluding hydrogens is 303 g/mol. The van der Waals surface area contributed by atoms with Crippen molar-refractivity contribution in [3.8, 4) is 22.6 Å². The van der Waals surface area contributed by atoms with Gasteiger partial charge in [-0.3, -0.25) is 9.79 Å².